The van der Waals surface area contributed by atoms with E-state index in [1.165, 1.54) is 10.8 Å². The first kappa shape index (κ1) is 31.5. The zero-order valence-electron chi connectivity index (χ0n) is 30.4. The Morgan fingerprint density at radius 3 is 1.67 bits per heavy atom. The Bertz CT molecular complexity index is 3470. The van der Waals surface area contributed by atoms with Crippen molar-refractivity contribution in [2.75, 3.05) is 0 Å². The highest BCUT2D eigenvalue weighted by molar-refractivity contribution is 6.14. The van der Waals surface area contributed by atoms with Gasteiger partial charge in [-0.15, -0.1) is 0 Å². The second-order valence-electron chi connectivity index (χ2n) is 14.4. The molecule has 0 aliphatic carbocycles. The van der Waals surface area contributed by atoms with Gasteiger partial charge in [0.25, 0.3) is 0 Å². The van der Waals surface area contributed by atoms with Crippen molar-refractivity contribution in [1.29, 1.82) is 0 Å². The van der Waals surface area contributed by atoms with Crippen LogP contribution in [0.4, 0.5) is 0 Å². The van der Waals surface area contributed by atoms with E-state index < -0.39 is 0 Å². The molecule has 0 N–H and O–H groups in total. The minimum absolute atomic E-state index is 0.536. The smallest absolute Gasteiger partial charge is 0.167 e. The SMILES string of the molecule is c1ccc(-c2cc(-n3c4ccccc4c4ccccc43)c3oc4cc(-c5nc(-c6ccccc6)nc(-c6cccc7c6oc6ccccc67)n5)ccc4c3c2)cc1. The van der Waals surface area contributed by atoms with E-state index in [1.807, 2.05) is 60.7 Å². The predicted octanol–water partition coefficient (Wildman–Crippen LogP) is 13.4. The number of benzene rings is 8. The molecule has 0 spiro atoms. The molecule has 12 rings (SSSR count). The molecule has 6 heteroatoms. The Morgan fingerprint density at radius 2 is 0.912 bits per heavy atom. The molecule has 0 amide bonds. The fourth-order valence-corrected chi connectivity index (χ4v) is 8.41. The minimum Gasteiger partial charge on any atom is -0.455 e. The summed E-state index contributed by atoms with van der Waals surface area (Å²) in [4.78, 5) is 15.2. The second kappa shape index (κ2) is 12.3. The molecule has 6 nitrogen and oxygen atoms in total. The topological polar surface area (TPSA) is 69.9 Å². The molecule has 0 saturated carbocycles. The number of furan rings is 2. The molecule has 8 aromatic carbocycles. The first-order valence-corrected chi connectivity index (χ1v) is 19.0. The number of para-hydroxylation sites is 4. The molecule has 0 radical (unpaired) electrons. The lowest BCUT2D eigenvalue weighted by molar-refractivity contribution is 0.666. The van der Waals surface area contributed by atoms with E-state index in [-0.39, 0.29) is 0 Å². The van der Waals surface area contributed by atoms with Gasteiger partial charge in [0, 0.05) is 43.4 Å². The minimum atomic E-state index is 0.536. The van der Waals surface area contributed by atoms with Gasteiger partial charge in [-0.25, -0.2) is 15.0 Å². The first-order valence-electron chi connectivity index (χ1n) is 19.0. The fraction of sp³-hybridized carbons (Fsp3) is 0. The summed E-state index contributed by atoms with van der Waals surface area (Å²) in [6.07, 6.45) is 0. The molecular formula is C51H30N4O2. The largest absolute Gasteiger partial charge is 0.455 e. The summed E-state index contributed by atoms with van der Waals surface area (Å²) in [7, 11) is 0. The van der Waals surface area contributed by atoms with Crippen LogP contribution in [0.3, 0.4) is 0 Å². The third-order valence-electron chi connectivity index (χ3n) is 11.1. The number of aromatic nitrogens is 4. The lowest BCUT2D eigenvalue weighted by atomic mass is 10.0. The Balaban J connectivity index is 1.10. The summed E-state index contributed by atoms with van der Waals surface area (Å²) >= 11 is 0. The Morgan fingerprint density at radius 1 is 0.333 bits per heavy atom. The van der Waals surface area contributed by atoms with Gasteiger partial charge in [-0.3, -0.25) is 0 Å². The van der Waals surface area contributed by atoms with E-state index in [0.717, 1.165) is 88.4 Å². The van der Waals surface area contributed by atoms with Gasteiger partial charge in [0.15, 0.2) is 23.1 Å². The van der Waals surface area contributed by atoms with Crippen LogP contribution in [0.2, 0.25) is 0 Å². The van der Waals surface area contributed by atoms with Crippen LogP contribution in [-0.4, -0.2) is 19.5 Å². The molecule has 266 valence electrons. The molecule has 0 fully saturated rings. The average molecular weight is 731 g/mol. The van der Waals surface area contributed by atoms with Crippen molar-refractivity contribution in [3.63, 3.8) is 0 Å². The molecule has 4 aromatic heterocycles. The molecule has 0 aliphatic heterocycles. The van der Waals surface area contributed by atoms with E-state index in [0.29, 0.717) is 17.5 Å². The van der Waals surface area contributed by atoms with Crippen LogP contribution in [0.5, 0.6) is 0 Å². The maximum atomic E-state index is 6.97. The van der Waals surface area contributed by atoms with Crippen LogP contribution < -0.4 is 0 Å². The van der Waals surface area contributed by atoms with Crippen molar-refractivity contribution in [1.82, 2.24) is 19.5 Å². The fourth-order valence-electron chi connectivity index (χ4n) is 8.41. The molecule has 0 aliphatic rings. The molecular weight excluding hydrogens is 701 g/mol. The van der Waals surface area contributed by atoms with E-state index in [9.17, 15) is 0 Å². The summed E-state index contributed by atoms with van der Waals surface area (Å²) in [5, 5.41) is 6.51. The van der Waals surface area contributed by atoms with Crippen molar-refractivity contribution in [3.05, 3.63) is 182 Å². The summed E-state index contributed by atoms with van der Waals surface area (Å²) in [6, 6.07) is 62.7. The predicted molar refractivity (Wildman–Crippen MR) is 230 cm³/mol. The van der Waals surface area contributed by atoms with Gasteiger partial charge in [0.2, 0.25) is 0 Å². The third-order valence-corrected chi connectivity index (χ3v) is 11.1. The number of hydrogen-bond donors (Lipinski definition) is 0. The van der Waals surface area contributed by atoms with Gasteiger partial charge in [0.05, 0.1) is 22.3 Å². The Hall–Kier alpha value is -7.83. The third kappa shape index (κ3) is 4.94. The quantitative estimate of drug-likeness (QED) is 0.176. The maximum absolute atomic E-state index is 6.97. The van der Waals surface area contributed by atoms with Crippen molar-refractivity contribution < 1.29 is 8.83 Å². The summed E-state index contributed by atoms with van der Waals surface area (Å²) in [5.41, 5.74) is 11.1. The van der Waals surface area contributed by atoms with Crippen molar-refractivity contribution in [2.45, 2.75) is 0 Å². The lowest BCUT2D eigenvalue weighted by Gasteiger charge is -2.11. The highest BCUT2D eigenvalue weighted by atomic mass is 16.3. The number of rotatable bonds is 5. The number of hydrogen-bond acceptors (Lipinski definition) is 5. The molecule has 0 saturated heterocycles. The first-order chi connectivity index (χ1) is 28.2. The van der Waals surface area contributed by atoms with E-state index in [4.69, 9.17) is 23.8 Å². The van der Waals surface area contributed by atoms with E-state index in [2.05, 4.69) is 126 Å². The van der Waals surface area contributed by atoms with Gasteiger partial charge >= 0.3 is 0 Å². The molecule has 0 unspecified atom stereocenters. The van der Waals surface area contributed by atoms with Crippen LogP contribution >= 0.6 is 0 Å². The summed E-state index contributed by atoms with van der Waals surface area (Å²) in [6.45, 7) is 0. The van der Waals surface area contributed by atoms with Gasteiger partial charge in [0.1, 0.15) is 16.7 Å². The van der Waals surface area contributed by atoms with Crippen molar-refractivity contribution in [3.8, 4) is 51.0 Å². The zero-order chi connectivity index (χ0) is 37.5. The number of fused-ring (bicyclic) bond motifs is 9. The normalized spacial score (nSPS) is 11.9. The lowest BCUT2D eigenvalue weighted by Crippen LogP contribution is -2.00. The van der Waals surface area contributed by atoms with Crippen LogP contribution in [0, 0.1) is 0 Å². The molecule has 12 aromatic rings. The highest BCUT2D eigenvalue weighted by Crippen LogP contribution is 2.42. The van der Waals surface area contributed by atoms with Gasteiger partial charge < -0.3 is 13.4 Å². The molecule has 57 heavy (non-hydrogen) atoms. The average Bonchev–Trinajstić information content (AvgIpc) is 3.96. The van der Waals surface area contributed by atoms with Gasteiger partial charge in [-0.2, -0.15) is 0 Å². The van der Waals surface area contributed by atoms with E-state index in [1.54, 1.807) is 0 Å². The summed E-state index contributed by atoms with van der Waals surface area (Å²) in [5.74, 6) is 1.66. The van der Waals surface area contributed by atoms with E-state index >= 15 is 0 Å². The Labute approximate surface area is 325 Å². The maximum Gasteiger partial charge on any atom is 0.167 e. The van der Waals surface area contributed by atoms with Crippen LogP contribution in [0.15, 0.2) is 191 Å². The summed E-state index contributed by atoms with van der Waals surface area (Å²) < 4.78 is 15.8. The molecule has 0 bridgehead atoms. The zero-order valence-corrected chi connectivity index (χ0v) is 30.4. The standard InChI is InChI=1S/C51H30N4O2/c1-3-14-31(15-4-1)34-28-41-38-27-26-33(30-46(38)57-48(41)44(29-34)55-42-23-10-7-18-35(42)36-19-8-11-24-43(36)55)50-52-49(32-16-5-2-6-17-32)53-51(54-50)40-22-13-21-39-37-20-9-12-25-45(37)56-47(39)40/h1-30H. The van der Waals surface area contributed by atoms with Crippen LogP contribution in [0.1, 0.15) is 0 Å². The number of nitrogens with zero attached hydrogens (tertiary/aromatic N) is 4. The molecule has 0 atom stereocenters. The monoisotopic (exact) mass is 730 g/mol. The van der Waals surface area contributed by atoms with Gasteiger partial charge in [-0.05, 0) is 59.7 Å². The second-order valence-corrected chi connectivity index (χ2v) is 14.4. The highest BCUT2D eigenvalue weighted by Gasteiger charge is 2.22. The van der Waals surface area contributed by atoms with Crippen molar-refractivity contribution in [2.24, 2.45) is 0 Å². The molecule has 4 heterocycles. The Kier molecular flexibility index (Phi) is 6.83. The van der Waals surface area contributed by atoms with Crippen molar-refractivity contribution >= 4 is 65.7 Å². The van der Waals surface area contributed by atoms with Gasteiger partial charge in [-0.1, -0.05) is 133 Å². The van der Waals surface area contributed by atoms with Crippen LogP contribution in [0.25, 0.3) is 117 Å². The van der Waals surface area contributed by atoms with Crippen LogP contribution in [-0.2, 0) is 0 Å².